The van der Waals surface area contributed by atoms with Gasteiger partial charge in [-0.1, -0.05) is 31.4 Å². The molecule has 8 nitrogen and oxygen atoms in total. The molecule has 0 bridgehead atoms. The van der Waals surface area contributed by atoms with Crippen LogP contribution in [-0.4, -0.2) is 64.8 Å². The SMILES string of the molecule is CC12CCC(=O)N1c1ccccc1C(=O)N2CCCC(=O)NC1CCN(C(=O)C2CCCCC2)CC1. The van der Waals surface area contributed by atoms with Crippen molar-refractivity contribution in [1.29, 1.82) is 0 Å². The topological polar surface area (TPSA) is 90.0 Å². The standard InChI is InChI=1S/C28H38N4O4/c1-28-16-13-25(34)32(28)23-11-6-5-10-22(23)27(36)31(28)17-7-12-24(33)29-21-14-18-30(19-15-21)26(35)20-8-3-2-4-9-20/h5-6,10-11,20-21H,2-4,7-9,12-19H2,1H3,(H,29,33). The Labute approximate surface area is 213 Å². The zero-order valence-electron chi connectivity index (χ0n) is 21.3. The first kappa shape index (κ1) is 24.8. The van der Waals surface area contributed by atoms with Crippen LogP contribution < -0.4 is 10.2 Å². The minimum atomic E-state index is -0.684. The zero-order valence-corrected chi connectivity index (χ0v) is 21.3. The van der Waals surface area contributed by atoms with Gasteiger partial charge < -0.3 is 15.1 Å². The van der Waals surface area contributed by atoms with E-state index in [2.05, 4.69) is 5.32 Å². The Morgan fingerprint density at radius 1 is 1.03 bits per heavy atom. The number of piperidine rings is 1. The van der Waals surface area contributed by atoms with Crippen LogP contribution in [-0.2, 0) is 14.4 Å². The highest BCUT2D eigenvalue weighted by Crippen LogP contribution is 2.44. The number of benzene rings is 1. The van der Waals surface area contributed by atoms with Crippen LogP contribution >= 0.6 is 0 Å². The van der Waals surface area contributed by atoms with Crippen molar-refractivity contribution in [3.8, 4) is 0 Å². The lowest BCUT2D eigenvalue weighted by molar-refractivity contribution is -0.137. The lowest BCUT2D eigenvalue weighted by Crippen LogP contribution is -2.62. The summed E-state index contributed by atoms with van der Waals surface area (Å²) in [5.74, 6) is 0.451. The molecule has 4 aliphatic rings. The van der Waals surface area contributed by atoms with Crippen LogP contribution in [0.25, 0.3) is 0 Å². The van der Waals surface area contributed by atoms with Crippen molar-refractivity contribution in [3.63, 3.8) is 0 Å². The predicted molar refractivity (Wildman–Crippen MR) is 136 cm³/mol. The number of likely N-dealkylation sites (tertiary alicyclic amines) is 1. The molecule has 1 aromatic rings. The first-order chi connectivity index (χ1) is 17.4. The molecule has 4 amide bonds. The fourth-order valence-electron chi connectivity index (χ4n) is 6.59. The van der Waals surface area contributed by atoms with E-state index in [0.29, 0.717) is 62.5 Å². The summed E-state index contributed by atoms with van der Waals surface area (Å²) in [5.41, 5.74) is 0.551. The summed E-state index contributed by atoms with van der Waals surface area (Å²) in [6, 6.07) is 7.38. The van der Waals surface area contributed by atoms with Gasteiger partial charge in [-0.05, 0) is 57.6 Å². The number of rotatable bonds is 6. The number of nitrogens with zero attached hydrogens (tertiary/aromatic N) is 3. The van der Waals surface area contributed by atoms with E-state index in [1.165, 1.54) is 6.42 Å². The number of amides is 4. The summed E-state index contributed by atoms with van der Waals surface area (Å²) in [7, 11) is 0. The van der Waals surface area contributed by atoms with Crippen molar-refractivity contribution in [2.75, 3.05) is 24.5 Å². The van der Waals surface area contributed by atoms with E-state index in [1.807, 2.05) is 30.0 Å². The van der Waals surface area contributed by atoms with Gasteiger partial charge in [0, 0.05) is 44.4 Å². The second-order valence-electron chi connectivity index (χ2n) is 11.0. The van der Waals surface area contributed by atoms with Gasteiger partial charge in [0.15, 0.2) is 0 Å². The van der Waals surface area contributed by atoms with Gasteiger partial charge in [0.05, 0.1) is 11.3 Å². The van der Waals surface area contributed by atoms with E-state index in [0.717, 1.165) is 38.5 Å². The highest BCUT2D eigenvalue weighted by Gasteiger charge is 2.52. The van der Waals surface area contributed by atoms with Crippen molar-refractivity contribution < 1.29 is 19.2 Å². The minimum absolute atomic E-state index is 0.0126. The number of hydrogen-bond donors (Lipinski definition) is 1. The Morgan fingerprint density at radius 2 is 1.75 bits per heavy atom. The van der Waals surface area contributed by atoms with E-state index < -0.39 is 5.66 Å². The molecule has 1 aliphatic carbocycles. The van der Waals surface area contributed by atoms with E-state index >= 15 is 0 Å². The fraction of sp³-hybridized carbons (Fsp3) is 0.643. The second-order valence-corrected chi connectivity index (χ2v) is 11.0. The summed E-state index contributed by atoms with van der Waals surface area (Å²) in [6.07, 6.45) is 9.06. The highest BCUT2D eigenvalue weighted by atomic mass is 16.2. The number of carbonyl (C=O) groups is 4. The maximum Gasteiger partial charge on any atom is 0.257 e. The molecule has 1 unspecified atom stereocenters. The Balaban J connectivity index is 1.11. The molecule has 1 N–H and O–H groups in total. The second kappa shape index (κ2) is 10.2. The fourth-order valence-corrected chi connectivity index (χ4v) is 6.59. The molecule has 1 saturated carbocycles. The number of fused-ring (bicyclic) bond motifs is 3. The van der Waals surface area contributed by atoms with Crippen LogP contribution in [0.4, 0.5) is 5.69 Å². The molecule has 0 spiro atoms. The van der Waals surface area contributed by atoms with Crippen molar-refractivity contribution in [3.05, 3.63) is 29.8 Å². The summed E-state index contributed by atoms with van der Waals surface area (Å²) in [5, 5.41) is 3.14. The average Bonchev–Trinajstić information content (AvgIpc) is 3.21. The Hall–Kier alpha value is -2.90. The molecule has 3 fully saturated rings. The van der Waals surface area contributed by atoms with Gasteiger partial charge in [-0.15, -0.1) is 0 Å². The quantitative estimate of drug-likeness (QED) is 0.656. The predicted octanol–water partition coefficient (Wildman–Crippen LogP) is 3.45. The smallest absolute Gasteiger partial charge is 0.257 e. The van der Waals surface area contributed by atoms with Crippen LogP contribution in [0, 0.1) is 5.92 Å². The maximum absolute atomic E-state index is 13.3. The number of nitrogens with one attached hydrogen (secondary N) is 1. The van der Waals surface area contributed by atoms with E-state index in [4.69, 9.17) is 0 Å². The third kappa shape index (κ3) is 4.62. The molecule has 3 heterocycles. The molecule has 2 saturated heterocycles. The van der Waals surface area contributed by atoms with E-state index in [9.17, 15) is 19.2 Å². The Morgan fingerprint density at radius 3 is 2.50 bits per heavy atom. The molecule has 5 rings (SSSR count). The lowest BCUT2D eigenvalue weighted by Gasteiger charge is -2.48. The number of anilines is 1. The van der Waals surface area contributed by atoms with Gasteiger partial charge in [0.25, 0.3) is 5.91 Å². The molecule has 3 aliphatic heterocycles. The molecular formula is C28H38N4O4. The zero-order chi connectivity index (χ0) is 25.3. The van der Waals surface area contributed by atoms with Crippen LogP contribution in [0.5, 0.6) is 0 Å². The van der Waals surface area contributed by atoms with Crippen molar-refractivity contribution in [1.82, 2.24) is 15.1 Å². The largest absolute Gasteiger partial charge is 0.353 e. The summed E-state index contributed by atoms with van der Waals surface area (Å²) < 4.78 is 0. The van der Waals surface area contributed by atoms with Crippen LogP contribution in [0.1, 0.15) is 87.9 Å². The monoisotopic (exact) mass is 494 g/mol. The third-order valence-electron chi connectivity index (χ3n) is 8.66. The number of hydrogen-bond acceptors (Lipinski definition) is 4. The molecule has 0 aromatic heterocycles. The summed E-state index contributed by atoms with van der Waals surface area (Å²) in [6.45, 7) is 3.80. The number of carbonyl (C=O) groups excluding carboxylic acids is 4. The first-order valence-corrected chi connectivity index (χ1v) is 13.7. The minimum Gasteiger partial charge on any atom is -0.353 e. The van der Waals surface area contributed by atoms with Gasteiger partial charge >= 0.3 is 0 Å². The molecule has 8 heteroatoms. The van der Waals surface area contributed by atoms with Crippen molar-refractivity contribution >= 4 is 29.3 Å². The first-order valence-electron chi connectivity index (χ1n) is 13.7. The van der Waals surface area contributed by atoms with Gasteiger partial charge in [0.1, 0.15) is 5.66 Å². The van der Waals surface area contributed by atoms with Crippen LogP contribution in [0.3, 0.4) is 0 Å². The average molecular weight is 495 g/mol. The van der Waals surface area contributed by atoms with Gasteiger partial charge in [-0.25, -0.2) is 0 Å². The molecule has 194 valence electrons. The van der Waals surface area contributed by atoms with Crippen molar-refractivity contribution in [2.24, 2.45) is 5.92 Å². The van der Waals surface area contributed by atoms with Crippen LogP contribution in [0.2, 0.25) is 0 Å². The number of para-hydroxylation sites is 1. The third-order valence-corrected chi connectivity index (χ3v) is 8.66. The van der Waals surface area contributed by atoms with Crippen LogP contribution in [0.15, 0.2) is 24.3 Å². The Kier molecular flexibility index (Phi) is 7.04. The molecule has 36 heavy (non-hydrogen) atoms. The summed E-state index contributed by atoms with van der Waals surface area (Å²) in [4.78, 5) is 57.0. The van der Waals surface area contributed by atoms with Gasteiger partial charge in [0.2, 0.25) is 17.7 Å². The molecule has 1 atom stereocenters. The lowest BCUT2D eigenvalue weighted by atomic mass is 9.87. The molecule has 0 radical (unpaired) electrons. The normalized spacial score (nSPS) is 25.1. The van der Waals surface area contributed by atoms with E-state index in [-0.39, 0.29) is 29.7 Å². The van der Waals surface area contributed by atoms with Gasteiger partial charge in [-0.3, -0.25) is 24.1 Å². The maximum atomic E-state index is 13.3. The summed E-state index contributed by atoms with van der Waals surface area (Å²) >= 11 is 0. The molecule has 1 aromatic carbocycles. The Bertz CT molecular complexity index is 1030. The highest BCUT2D eigenvalue weighted by molar-refractivity contribution is 6.10. The van der Waals surface area contributed by atoms with Gasteiger partial charge in [-0.2, -0.15) is 0 Å². The van der Waals surface area contributed by atoms with Crippen molar-refractivity contribution in [2.45, 2.75) is 89.3 Å². The molecular weight excluding hydrogens is 456 g/mol. The van der Waals surface area contributed by atoms with E-state index in [1.54, 1.807) is 15.9 Å².